The van der Waals surface area contributed by atoms with Crippen molar-refractivity contribution in [2.45, 2.75) is 44.9 Å². The Labute approximate surface area is 169 Å². The number of nitrogens with zero attached hydrogens (tertiary/aromatic N) is 1. The molecule has 3 rings (SSSR count). The number of aliphatic imine (C=N–C) groups is 1. The van der Waals surface area contributed by atoms with E-state index in [-0.39, 0.29) is 5.41 Å². The summed E-state index contributed by atoms with van der Waals surface area (Å²) in [5, 5.41) is 7.03. The molecule has 6 heteroatoms. The number of benzene rings is 1. The number of hydrogen-bond donors (Lipinski definition) is 2. The van der Waals surface area contributed by atoms with E-state index in [1.54, 1.807) is 7.11 Å². The largest absolute Gasteiger partial charge is 0.486 e. The molecule has 1 fully saturated rings. The van der Waals surface area contributed by atoms with E-state index in [4.69, 9.17) is 14.2 Å². The molecule has 0 radical (unpaired) electrons. The molecule has 156 valence electrons. The molecule has 28 heavy (non-hydrogen) atoms. The van der Waals surface area contributed by atoms with E-state index < -0.39 is 0 Å². The van der Waals surface area contributed by atoms with Crippen molar-refractivity contribution in [3.63, 3.8) is 0 Å². The van der Waals surface area contributed by atoms with Gasteiger partial charge in [-0.05, 0) is 42.4 Å². The van der Waals surface area contributed by atoms with Gasteiger partial charge in [0.15, 0.2) is 17.5 Å². The number of fused-ring (bicyclic) bond motifs is 1. The van der Waals surface area contributed by atoms with Crippen molar-refractivity contribution >= 4 is 5.96 Å². The van der Waals surface area contributed by atoms with Gasteiger partial charge in [-0.2, -0.15) is 0 Å². The zero-order valence-corrected chi connectivity index (χ0v) is 17.8. The van der Waals surface area contributed by atoms with Crippen molar-refractivity contribution in [3.8, 4) is 11.5 Å². The van der Waals surface area contributed by atoms with Gasteiger partial charge in [-0.15, -0.1) is 0 Å². The number of nitrogens with one attached hydrogen (secondary N) is 2. The van der Waals surface area contributed by atoms with Gasteiger partial charge in [0, 0.05) is 39.3 Å². The zero-order chi connectivity index (χ0) is 20.0. The van der Waals surface area contributed by atoms with E-state index in [0.29, 0.717) is 18.6 Å². The lowest BCUT2D eigenvalue weighted by molar-refractivity contribution is 0.0732. The van der Waals surface area contributed by atoms with Gasteiger partial charge in [0.2, 0.25) is 0 Å². The third-order valence-corrected chi connectivity index (χ3v) is 6.13. The minimum Gasteiger partial charge on any atom is -0.486 e. The van der Waals surface area contributed by atoms with E-state index in [2.05, 4.69) is 41.6 Å². The molecule has 1 aliphatic carbocycles. The molecule has 6 nitrogen and oxygen atoms in total. The van der Waals surface area contributed by atoms with E-state index in [1.165, 1.54) is 24.8 Å². The Hall–Kier alpha value is -1.95. The second kappa shape index (κ2) is 9.03. The maximum absolute atomic E-state index is 5.74. The Balaban J connectivity index is 1.55. The van der Waals surface area contributed by atoms with Gasteiger partial charge in [0.25, 0.3) is 0 Å². The van der Waals surface area contributed by atoms with Gasteiger partial charge in [-0.1, -0.05) is 26.3 Å². The van der Waals surface area contributed by atoms with Crippen LogP contribution in [0.5, 0.6) is 11.5 Å². The van der Waals surface area contributed by atoms with Crippen molar-refractivity contribution in [1.82, 2.24) is 10.6 Å². The van der Waals surface area contributed by atoms with Crippen molar-refractivity contribution in [1.29, 1.82) is 0 Å². The molecule has 0 bridgehead atoms. The van der Waals surface area contributed by atoms with Crippen LogP contribution in [0.3, 0.4) is 0 Å². The molecular formula is C22H35N3O3. The van der Waals surface area contributed by atoms with Crippen molar-refractivity contribution < 1.29 is 14.2 Å². The van der Waals surface area contributed by atoms with Crippen LogP contribution in [0.1, 0.15) is 45.1 Å². The summed E-state index contributed by atoms with van der Waals surface area (Å²) in [6.07, 6.45) is 4.96. The van der Waals surface area contributed by atoms with Gasteiger partial charge < -0.3 is 24.8 Å². The Morgan fingerprint density at radius 2 is 1.93 bits per heavy atom. The number of ether oxygens (including phenoxy) is 3. The van der Waals surface area contributed by atoms with Crippen LogP contribution in [0.2, 0.25) is 0 Å². The Morgan fingerprint density at radius 1 is 1.18 bits per heavy atom. The Bertz CT molecular complexity index is 684. The first-order valence-electron chi connectivity index (χ1n) is 10.3. The highest BCUT2D eigenvalue weighted by Gasteiger charge is 2.36. The summed E-state index contributed by atoms with van der Waals surface area (Å²) in [6.45, 7) is 8.22. The molecule has 2 aliphatic rings. The standard InChI is InChI=1S/C22H35N3O3/c1-21(2,17-6-7-18-19(14-17)28-13-12-27-18)15-24-20(23-3)25-16-22(8-5-9-22)10-11-26-4/h6-7,14H,5,8-13,15-16H2,1-4H3,(H2,23,24,25). The third kappa shape index (κ3) is 4.90. The van der Waals surface area contributed by atoms with Gasteiger partial charge >= 0.3 is 0 Å². The monoisotopic (exact) mass is 389 g/mol. The number of guanidine groups is 1. The zero-order valence-electron chi connectivity index (χ0n) is 17.8. The molecule has 1 aromatic carbocycles. The van der Waals surface area contributed by atoms with Gasteiger partial charge in [-0.3, -0.25) is 4.99 Å². The molecule has 0 saturated heterocycles. The topological polar surface area (TPSA) is 64.1 Å². The highest BCUT2D eigenvalue weighted by molar-refractivity contribution is 5.79. The van der Waals surface area contributed by atoms with Gasteiger partial charge in [0.1, 0.15) is 13.2 Å². The molecular weight excluding hydrogens is 354 g/mol. The minimum absolute atomic E-state index is 0.0718. The lowest BCUT2D eigenvalue weighted by Crippen LogP contribution is -2.49. The molecule has 0 aromatic heterocycles. The molecule has 0 spiro atoms. The number of rotatable bonds is 8. The molecule has 2 N–H and O–H groups in total. The second-order valence-corrected chi connectivity index (χ2v) is 8.62. The van der Waals surface area contributed by atoms with Crippen molar-refractivity contribution in [2.75, 3.05) is 47.1 Å². The highest BCUT2D eigenvalue weighted by atomic mass is 16.6. The molecule has 1 heterocycles. The fourth-order valence-electron chi connectivity index (χ4n) is 3.87. The van der Waals surface area contributed by atoms with E-state index in [0.717, 1.165) is 43.6 Å². The normalized spacial score (nSPS) is 18.4. The van der Waals surface area contributed by atoms with Crippen molar-refractivity contribution in [2.24, 2.45) is 10.4 Å². The van der Waals surface area contributed by atoms with Crippen LogP contribution in [-0.4, -0.2) is 53.0 Å². The molecule has 1 saturated carbocycles. The maximum Gasteiger partial charge on any atom is 0.191 e. The van der Waals surface area contributed by atoms with E-state index in [1.807, 2.05) is 13.1 Å². The fourth-order valence-corrected chi connectivity index (χ4v) is 3.87. The van der Waals surface area contributed by atoms with Crippen LogP contribution in [0, 0.1) is 5.41 Å². The molecule has 0 amide bonds. The van der Waals surface area contributed by atoms with Crippen LogP contribution in [-0.2, 0) is 10.2 Å². The van der Waals surface area contributed by atoms with E-state index in [9.17, 15) is 0 Å². The first kappa shape index (κ1) is 20.8. The third-order valence-electron chi connectivity index (χ3n) is 6.13. The Morgan fingerprint density at radius 3 is 2.57 bits per heavy atom. The average molecular weight is 390 g/mol. The number of methoxy groups -OCH3 is 1. The maximum atomic E-state index is 5.74. The molecule has 1 aromatic rings. The summed E-state index contributed by atoms with van der Waals surface area (Å²) >= 11 is 0. The SMILES string of the molecule is CN=C(NCC1(CCOC)CCC1)NCC(C)(C)c1ccc2c(c1)OCCO2. The lowest BCUT2D eigenvalue weighted by Gasteiger charge is -2.42. The molecule has 0 atom stereocenters. The quantitative estimate of drug-likeness (QED) is 0.528. The van der Waals surface area contributed by atoms with Crippen molar-refractivity contribution in [3.05, 3.63) is 23.8 Å². The summed E-state index contributed by atoms with van der Waals surface area (Å²) in [6, 6.07) is 6.23. The molecule has 0 unspecified atom stereocenters. The smallest absolute Gasteiger partial charge is 0.191 e. The summed E-state index contributed by atoms with van der Waals surface area (Å²) in [7, 11) is 3.61. The first-order chi connectivity index (χ1) is 13.5. The summed E-state index contributed by atoms with van der Waals surface area (Å²) in [4.78, 5) is 4.42. The predicted molar refractivity (Wildman–Crippen MR) is 113 cm³/mol. The average Bonchev–Trinajstić information content (AvgIpc) is 2.68. The van der Waals surface area contributed by atoms with Gasteiger partial charge in [-0.25, -0.2) is 0 Å². The molecule has 1 aliphatic heterocycles. The lowest BCUT2D eigenvalue weighted by atomic mass is 9.67. The second-order valence-electron chi connectivity index (χ2n) is 8.62. The van der Waals surface area contributed by atoms with Crippen LogP contribution >= 0.6 is 0 Å². The van der Waals surface area contributed by atoms with Crippen LogP contribution in [0.4, 0.5) is 0 Å². The van der Waals surface area contributed by atoms with Gasteiger partial charge in [0.05, 0.1) is 0 Å². The van der Waals surface area contributed by atoms with E-state index >= 15 is 0 Å². The number of hydrogen-bond acceptors (Lipinski definition) is 4. The summed E-state index contributed by atoms with van der Waals surface area (Å²) < 4.78 is 16.7. The van der Waals surface area contributed by atoms with Crippen LogP contribution in [0.25, 0.3) is 0 Å². The minimum atomic E-state index is -0.0718. The summed E-state index contributed by atoms with van der Waals surface area (Å²) in [5.74, 6) is 2.52. The predicted octanol–water partition coefficient (Wildman–Crippen LogP) is 3.11. The Kier molecular flexibility index (Phi) is 6.70. The fraction of sp³-hybridized carbons (Fsp3) is 0.682. The first-order valence-corrected chi connectivity index (χ1v) is 10.3. The summed E-state index contributed by atoms with van der Waals surface area (Å²) in [5.41, 5.74) is 1.51. The highest BCUT2D eigenvalue weighted by Crippen LogP contribution is 2.43. The van der Waals surface area contributed by atoms with Crippen LogP contribution < -0.4 is 20.1 Å². The van der Waals surface area contributed by atoms with Crippen LogP contribution in [0.15, 0.2) is 23.2 Å².